The normalized spacial score (nSPS) is 30.9. The monoisotopic (exact) mass is 530 g/mol. The summed E-state index contributed by atoms with van der Waals surface area (Å²) >= 11 is 0. The average Bonchev–Trinajstić information content (AvgIpc) is 3.25. The van der Waals surface area contributed by atoms with E-state index >= 15 is 0 Å². The number of benzene rings is 1. The summed E-state index contributed by atoms with van der Waals surface area (Å²) in [6, 6.07) is 3.21. The van der Waals surface area contributed by atoms with E-state index in [-0.39, 0.29) is 42.9 Å². The second-order valence-corrected chi connectivity index (χ2v) is 11.4. The van der Waals surface area contributed by atoms with Gasteiger partial charge in [-0.2, -0.15) is 0 Å². The van der Waals surface area contributed by atoms with Crippen LogP contribution in [0.1, 0.15) is 62.5 Å². The fraction of sp³-hybridized carbons (Fsp3) is 0.714. The zero-order valence-corrected chi connectivity index (χ0v) is 22.3. The lowest BCUT2D eigenvalue weighted by Gasteiger charge is -2.63. The van der Waals surface area contributed by atoms with Crippen LogP contribution in [-0.4, -0.2) is 90.6 Å². The number of aromatic hydroxyl groups is 1. The Morgan fingerprint density at radius 2 is 1.92 bits per heavy atom. The number of hydrogen-bond donors (Lipinski definition) is 5. The molecule has 2 amide bonds. The Balaban J connectivity index is 1.17. The first-order valence-corrected chi connectivity index (χ1v) is 14.1. The van der Waals surface area contributed by atoms with E-state index in [1.807, 2.05) is 6.07 Å². The highest BCUT2D eigenvalue weighted by atomic mass is 16.5. The van der Waals surface area contributed by atoms with Gasteiger partial charge in [0.25, 0.3) is 0 Å². The number of aliphatic hydroxyl groups is 1. The molecule has 1 aromatic rings. The number of hydrogen-bond acceptors (Lipinski definition) is 8. The zero-order chi connectivity index (χ0) is 26.9. The molecule has 0 aromatic heterocycles. The standard InChI is InChI=1S/C28H42N4O6/c1-32-14-11-27-24-18-7-8-20(33)25(24)38-26(27)19(9-10-28(27,36)21(32)15-18)31-23(35)17-37-16-22(34)30-13-6-4-2-3-5-12-29/h7-8,19,21,26,33,36H,2-6,9-17,29H2,1H3,(H,30,34)(H,31,35)/t19-,21?,26-,27-,28+/m0/s1. The van der Waals surface area contributed by atoms with Crippen LogP contribution >= 0.6 is 0 Å². The van der Waals surface area contributed by atoms with Crippen molar-refractivity contribution in [1.29, 1.82) is 0 Å². The molecule has 1 saturated carbocycles. The van der Waals surface area contributed by atoms with Gasteiger partial charge in [0.1, 0.15) is 19.3 Å². The molecule has 10 heteroatoms. The molecule has 1 spiro atoms. The van der Waals surface area contributed by atoms with E-state index in [1.54, 1.807) is 6.07 Å². The predicted molar refractivity (Wildman–Crippen MR) is 141 cm³/mol. The van der Waals surface area contributed by atoms with E-state index in [2.05, 4.69) is 22.6 Å². The van der Waals surface area contributed by atoms with Crippen molar-refractivity contribution in [3.63, 3.8) is 0 Å². The maximum Gasteiger partial charge on any atom is 0.246 e. The molecule has 0 radical (unpaired) electrons. The Hall–Kier alpha value is -2.40. The highest BCUT2D eigenvalue weighted by Crippen LogP contribution is 2.65. The minimum absolute atomic E-state index is 0.0465. The van der Waals surface area contributed by atoms with Crippen molar-refractivity contribution < 1.29 is 29.3 Å². The van der Waals surface area contributed by atoms with Crippen LogP contribution in [0.3, 0.4) is 0 Å². The van der Waals surface area contributed by atoms with Crippen LogP contribution < -0.4 is 21.1 Å². The lowest BCUT2D eigenvalue weighted by molar-refractivity contribution is -0.187. The van der Waals surface area contributed by atoms with Crippen LogP contribution in [0.4, 0.5) is 0 Å². The van der Waals surface area contributed by atoms with Gasteiger partial charge in [0, 0.05) is 18.2 Å². The third-order valence-electron chi connectivity index (χ3n) is 9.25. The summed E-state index contributed by atoms with van der Waals surface area (Å²) in [5.74, 6) is -0.0445. The topological polar surface area (TPSA) is 146 Å². The molecule has 6 N–H and O–H groups in total. The number of carbonyl (C=O) groups is 2. The number of nitrogens with zero attached hydrogens (tertiary/aromatic N) is 1. The fourth-order valence-electron chi connectivity index (χ4n) is 7.46. The summed E-state index contributed by atoms with van der Waals surface area (Å²) in [7, 11) is 2.05. The molecule has 2 heterocycles. The Morgan fingerprint density at radius 3 is 2.74 bits per heavy atom. The fourth-order valence-corrected chi connectivity index (χ4v) is 7.46. The van der Waals surface area contributed by atoms with E-state index in [0.717, 1.165) is 56.3 Å². The zero-order valence-electron chi connectivity index (χ0n) is 22.3. The second kappa shape index (κ2) is 11.0. The molecular weight excluding hydrogens is 488 g/mol. The summed E-state index contributed by atoms with van der Waals surface area (Å²) < 4.78 is 11.8. The number of ether oxygens (including phenoxy) is 2. The molecule has 4 aliphatic rings. The second-order valence-electron chi connectivity index (χ2n) is 11.4. The first kappa shape index (κ1) is 27.2. The van der Waals surface area contributed by atoms with Gasteiger partial charge in [0.05, 0.1) is 17.1 Å². The smallest absolute Gasteiger partial charge is 0.246 e. The van der Waals surface area contributed by atoms with Crippen LogP contribution in [0.2, 0.25) is 0 Å². The van der Waals surface area contributed by atoms with Gasteiger partial charge < -0.3 is 41.0 Å². The van der Waals surface area contributed by atoms with Crippen molar-refractivity contribution in [2.45, 2.75) is 87.0 Å². The Morgan fingerprint density at radius 1 is 1.16 bits per heavy atom. The van der Waals surface area contributed by atoms with Gasteiger partial charge in [-0.25, -0.2) is 0 Å². The van der Waals surface area contributed by atoms with Crippen LogP contribution in [0, 0.1) is 0 Å². The number of piperidine rings is 1. The summed E-state index contributed by atoms with van der Waals surface area (Å²) in [5.41, 5.74) is 5.81. The van der Waals surface area contributed by atoms with E-state index in [0.29, 0.717) is 38.0 Å². The number of amides is 2. The number of likely N-dealkylation sites (N-methyl/N-ethyl adjacent to an activating group) is 1. The molecule has 1 aromatic carbocycles. The van der Waals surface area contributed by atoms with Crippen LogP contribution in [0.25, 0.3) is 0 Å². The molecule has 5 atom stereocenters. The molecular formula is C28H42N4O6. The van der Waals surface area contributed by atoms with Crippen molar-refractivity contribution >= 4 is 11.8 Å². The van der Waals surface area contributed by atoms with E-state index in [4.69, 9.17) is 15.2 Å². The molecule has 2 aliphatic heterocycles. The van der Waals surface area contributed by atoms with Gasteiger partial charge in [-0.3, -0.25) is 9.59 Å². The molecule has 210 valence electrons. The third-order valence-corrected chi connectivity index (χ3v) is 9.25. The highest BCUT2D eigenvalue weighted by Gasteiger charge is 2.72. The molecule has 1 saturated heterocycles. The van der Waals surface area contributed by atoms with Crippen molar-refractivity contribution in [1.82, 2.24) is 15.5 Å². The lowest BCUT2D eigenvalue weighted by atomic mass is 9.48. The number of nitrogens with two attached hydrogens (primary N) is 1. The van der Waals surface area contributed by atoms with Crippen LogP contribution in [0.5, 0.6) is 11.5 Å². The summed E-state index contributed by atoms with van der Waals surface area (Å²) in [6.07, 6.45) is 7.18. The summed E-state index contributed by atoms with van der Waals surface area (Å²) in [6.45, 7) is 1.70. The number of nitrogens with one attached hydrogen (secondary N) is 2. The molecule has 38 heavy (non-hydrogen) atoms. The Labute approximate surface area is 224 Å². The van der Waals surface area contributed by atoms with Gasteiger partial charge in [-0.05, 0) is 70.3 Å². The number of likely N-dealkylation sites (tertiary alicyclic amines) is 1. The van der Waals surface area contributed by atoms with Crippen LogP contribution in [0.15, 0.2) is 12.1 Å². The summed E-state index contributed by atoms with van der Waals surface area (Å²) in [4.78, 5) is 27.1. The minimum Gasteiger partial charge on any atom is -0.504 e. The third kappa shape index (κ3) is 4.55. The number of phenolic OH excluding ortho intramolecular Hbond substituents is 1. The number of unbranched alkanes of at least 4 members (excludes halogenated alkanes) is 4. The number of phenols is 1. The van der Waals surface area contributed by atoms with Crippen molar-refractivity contribution in [2.24, 2.45) is 5.73 Å². The molecule has 2 bridgehead atoms. The van der Waals surface area contributed by atoms with Gasteiger partial charge in [0.15, 0.2) is 11.5 Å². The number of rotatable bonds is 12. The van der Waals surface area contributed by atoms with Crippen molar-refractivity contribution in [2.75, 3.05) is 39.9 Å². The largest absolute Gasteiger partial charge is 0.504 e. The van der Waals surface area contributed by atoms with E-state index in [9.17, 15) is 19.8 Å². The molecule has 1 unspecified atom stereocenters. The number of carbonyl (C=O) groups excluding carboxylic acids is 2. The predicted octanol–water partition coefficient (Wildman–Crippen LogP) is 0.703. The summed E-state index contributed by atoms with van der Waals surface area (Å²) in [5, 5.41) is 28.7. The Kier molecular flexibility index (Phi) is 7.86. The van der Waals surface area contributed by atoms with Gasteiger partial charge in [0.2, 0.25) is 11.8 Å². The first-order valence-electron chi connectivity index (χ1n) is 14.1. The quantitative estimate of drug-likeness (QED) is 0.248. The van der Waals surface area contributed by atoms with Gasteiger partial charge >= 0.3 is 0 Å². The van der Waals surface area contributed by atoms with Crippen LogP contribution in [-0.2, 0) is 26.2 Å². The van der Waals surface area contributed by atoms with Crippen molar-refractivity contribution in [3.05, 3.63) is 23.3 Å². The maximum absolute atomic E-state index is 12.8. The lowest BCUT2D eigenvalue weighted by Crippen LogP contribution is -2.77. The molecule has 2 aliphatic carbocycles. The highest BCUT2D eigenvalue weighted by molar-refractivity contribution is 5.80. The first-order chi connectivity index (χ1) is 18.3. The van der Waals surface area contributed by atoms with Gasteiger partial charge in [-0.15, -0.1) is 0 Å². The Bertz CT molecular complexity index is 1050. The molecule has 2 fully saturated rings. The van der Waals surface area contributed by atoms with Crippen molar-refractivity contribution in [3.8, 4) is 11.5 Å². The van der Waals surface area contributed by atoms with Gasteiger partial charge in [-0.1, -0.05) is 25.3 Å². The molecule has 10 nitrogen and oxygen atoms in total. The van der Waals surface area contributed by atoms with E-state index < -0.39 is 17.1 Å². The van der Waals surface area contributed by atoms with E-state index in [1.165, 1.54) is 0 Å². The average molecular weight is 531 g/mol. The molecule has 5 rings (SSSR count). The SMILES string of the molecule is CN1CC[C@]23c4c5ccc(O)c4O[C@H]2[C@@H](NC(=O)COCC(=O)NCCCCCCCN)CC[C@@]3(O)C1C5. The maximum atomic E-state index is 12.8. The minimum atomic E-state index is -1.00.